The van der Waals surface area contributed by atoms with Crippen molar-refractivity contribution < 1.29 is 12.8 Å². The van der Waals surface area contributed by atoms with Crippen LogP contribution in [0, 0.1) is 5.82 Å². The molecule has 1 aliphatic heterocycles. The average Bonchev–Trinajstić information content (AvgIpc) is 2.79. The molecule has 168 valence electrons. The molecule has 4 rings (SSSR count). The number of rotatable bonds is 5. The maximum absolute atomic E-state index is 13.7. The number of sulfonamides is 1. The summed E-state index contributed by atoms with van der Waals surface area (Å²) in [5, 5.41) is 1.28. The van der Waals surface area contributed by atoms with Crippen LogP contribution in [0.25, 0.3) is 0 Å². The quantitative estimate of drug-likeness (QED) is 0.441. The van der Waals surface area contributed by atoms with Crippen LogP contribution in [0.1, 0.15) is 24.1 Å². The van der Waals surface area contributed by atoms with E-state index in [9.17, 15) is 12.8 Å². The Morgan fingerprint density at radius 2 is 1.69 bits per heavy atom. The van der Waals surface area contributed by atoms with Gasteiger partial charge < -0.3 is 4.90 Å². The lowest BCUT2D eigenvalue weighted by Crippen LogP contribution is -2.50. The van der Waals surface area contributed by atoms with Crippen LogP contribution in [0.3, 0.4) is 0 Å². The standard InChI is InChI=1S/C24H23Cl2FN2O2S/c1-2-17-14-20(26)10-11-23(17)29-13-12-28(16-24(29)18-6-8-19(25)9-7-18)32(30,31)22-5-3-4-21(27)15-22/h3-11,14-15,24H,2,12-13,16H2,1H3. The molecule has 1 aliphatic rings. The predicted molar refractivity (Wildman–Crippen MR) is 128 cm³/mol. The first kappa shape index (κ1) is 23.1. The van der Waals surface area contributed by atoms with Crippen LogP contribution in [0.15, 0.2) is 71.6 Å². The van der Waals surface area contributed by atoms with Gasteiger partial charge in [-0.1, -0.05) is 48.3 Å². The Hall–Kier alpha value is -2.12. The Bertz CT molecular complexity index is 1220. The first-order valence-corrected chi connectivity index (χ1v) is 12.6. The first-order valence-electron chi connectivity index (χ1n) is 10.4. The largest absolute Gasteiger partial charge is 0.362 e. The van der Waals surface area contributed by atoms with Gasteiger partial charge in [-0.3, -0.25) is 0 Å². The van der Waals surface area contributed by atoms with Gasteiger partial charge in [-0.05, 0) is 66.1 Å². The number of anilines is 1. The highest BCUT2D eigenvalue weighted by Gasteiger charge is 2.36. The van der Waals surface area contributed by atoms with E-state index in [4.69, 9.17) is 23.2 Å². The van der Waals surface area contributed by atoms with Crippen LogP contribution in [0.5, 0.6) is 0 Å². The number of halogens is 3. The van der Waals surface area contributed by atoms with E-state index in [1.165, 1.54) is 22.5 Å². The average molecular weight is 493 g/mol. The van der Waals surface area contributed by atoms with Crippen molar-refractivity contribution in [3.63, 3.8) is 0 Å². The fourth-order valence-corrected chi connectivity index (χ4v) is 5.92. The molecule has 3 aromatic carbocycles. The zero-order valence-electron chi connectivity index (χ0n) is 17.5. The Balaban J connectivity index is 1.74. The van der Waals surface area contributed by atoms with Crippen LogP contribution in [-0.2, 0) is 16.4 Å². The lowest BCUT2D eigenvalue weighted by molar-refractivity contribution is 0.335. The molecule has 0 spiro atoms. The highest BCUT2D eigenvalue weighted by atomic mass is 35.5. The van der Waals surface area contributed by atoms with Gasteiger partial charge >= 0.3 is 0 Å². The highest BCUT2D eigenvalue weighted by molar-refractivity contribution is 7.89. The summed E-state index contributed by atoms with van der Waals surface area (Å²) in [6, 6.07) is 18.1. The van der Waals surface area contributed by atoms with Crippen molar-refractivity contribution in [1.82, 2.24) is 4.31 Å². The molecule has 1 unspecified atom stereocenters. The Morgan fingerprint density at radius 1 is 0.969 bits per heavy atom. The minimum atomic E-state index is -3.84. The third-order valence-electron chi connectivity index (χ3n) is 5.76. The molecule has 1 heterocycles. The van der Waals surface area contributed by atoms with E-state index >= 15 is 0 Å². The summed E-state index contributed by atoms with van der Waals surface area (Å²) in [6.45, 7) is 3.06. The van der Waals surface area contributed by atoms with Gasteiger partial charge in [-0.15, -0.1) is 0 Å². The number of benzene rings is 3. The van der Waals surface area contributed by atoms with Gasteiger partial charge in [-0.25, -0.2) is 12.8 Å². The second kappa shape index (κ2) is 9.40. The first-order chi connectivity index (χ1) is 15.3. The Kier molecular flexibility index (Phi) is 6.77. The molecular weight excluding hydrogens is 470 g/mol. The second-order valence-electron chi connectivity index (χ2n) is 7.71. The number of nitrogens with zero attached hydrogens (tertiary/aromatic N) is 2. The molecule has 0 aliphatic carbocycles. The fourth-order valence-electron chi connectivity index (χ4n) is 4.13. The van der Waals surface area contributed by atoms with Gasteiger partial charge in [0.15, 0.2) is 0 Å². The number of hydrogen-bond acceptors (Lipinski definition) is 3. The third-order valence-corrected chi connectivity index (χ3v) is 8.11. The molecule has 1 fully saturated rings. The van der Waals surface area contributed by atoms with E-state index in [-0.39, 0.29) is 24.0 Å². The van der Waals surface area contributed by atoms with Gasteiger partial charge in [-0.2, -0.15) is 4.31 Å². The molecule has 1 saturated heterocycles. The van der Waals surface area contributed by atoms with E-state index in [0.717, 1.165) is 29.3 Å². The van der Waals surface area contributed by atoms with Gasteiger partial charge in [0, 0.05) is 35.4 Å². The second-order valence-corrected chi connectivity index (χ2v) is 10.5. The summed E-state index contributed by atoms with van der Waals surface area (Å²) in [5.41, 5.74) is 3.07. The molecular formula is C24H23Cl2FN2O2S. The normalized spacial score (nSPS) is 17.5. The monoisotopic (exact) mass is 492 g/mol. The molecule has 0 radical (unpaired) electrons. The maximum Gasteiger partial charge on any atom is 0.243 e. The Morgan fingerprint density at radius 3 is 2.38 bits per heavy atom. The predicted octanol–water partition coefficient (Wildman–Crippen LogP) is 5.95. The van der Waals surface area contributed by atoms with Crippen molar-refractivity contribution in [1.29, 1.82) is 0 Å². The lowest BCUT2D eigenvalue weighted by atomic mass is 10.0. The van der Waals surface area contributed by atoms with Gasteiger partial charge in [0.1, 0.15) is 5.82 Å². The van der Waals surface area contributed by atoms with Crippen molar-refractivity contribution in [2.24, 2.45) is 0 Å². The van der Waals surface area contributed by atoms with Crippen LogP contribution in [-0.4, -0.2) is 32.4 Å². The van der Waals surface area contributed by atoms with Crippen molar-refractivity contribution >= 4 is 38.9 Å². The molecule has 0 saturated carbocycles. The molecule has 32 heavy (non-hydrogen) atoms. The molecule has 4 nitrogen and oxygen atoms in total. The van der Waals surface area contributed by atoms with Crippen LogP contribution < -0.4 is 4.90 Å². The summed E-state index contributed by atoms with van der Waals surface area (Å²) in [6.07, 6.45) is 0.797. The summed E-state index contributed by atoms with van der Waals surface area (Å²) < 4.78 is 41.7. The third kappa shape index (κ3) is 4.64. The zero-order chi connectivity index (χ0) is 22.9. The minimum Gasteiger partial charge on any atom is -0.362 e. The highest BCUT2D eigenvalue weighted by Crippen LogP contribution is 2.36. The van der Waals surface area contributed by atoms with Gasteiger partial charge in [0.25, 0.3) is 0 Å². The van der Waals surface area contributed by atoms with Crippen molar-refractivity contribution in [2.45, 2.75) is 24.3 Å². The van der Waals surface area contributed by atoms with E-state index in [0.29, 0.717) is 16.6 Å². The van der Waals surface area contributed by atoms with Gasteiger partial charge in [0.2, 0.25) is 10.0 Å². The fraction of sp³-hybridized carbons (Fsp3) is 0.250. The molecule has 0 amide bonds. The van der Waals surface area contributed by atoms with Gasteiger partial charge in [0.05, 0.1) is 10.9 Å². The summed E-state index contributed by atoms with van der Waals surface area (Å²) in [4.78, 5) is 2.18. The molecule has 0 aromatic heterocycles. The lowest BCUT2D eigenvalue weighted by Gasteiger charge is -2.43. The number of hydrogen-bond donors (Lipinski definition) is 0. The van der Waals surface area contributed by atoms with Crippen molar-refractivity contribution in [3.05, 3.63) is 93.7 Å². The van der Waals surface area contributed by atoms with Crippen LogP contribution >= 0.6 is 23.2 Å². The minimum absolute atomic E-state index is 0.0402. The summed E-state index contributed by atoms with van der Waals surface area (Å²) >= 11 is 12.3. The molecule has 0 bridgehead atoms. The molecule has 1 atom stereocenters. The maximum atomic E-state index is 13.7. The Labute approximate surface area is 198 Å². The molecule has 0 N–H and O–H groups in total. The number of aryl methyl sites for hydroxylation is 1. The SMILES string of the molecule is CCc1cc(Cl)ccc1N1CCN(S(=O)(=O)c2cccc(F)c2)CC1c1ccc(Cl)cc1. The van der Waals surface area contributed by atoms with Crippen molar-refractivity contribution in [2.75, 3.05) is 24.5 Å². The number of piperazine rings is 1. The molecule has 3 aromatic rings. The van der Waals surface area contributed by atoms with E-state index in [1.54, 1.807) is 12.1 Å². The van der Waals surface area contributed by atoms with E-state index < -0.39 is 15.8 Å². The van der Waals surface area contributed by atoms with Crippen molar-refractivity contribution in [3.8, 4) is 0 Å². The zero-order valence-corrected chi connectivity index (χ0v) is 19.8. The van der Waals surface area contributed by atoms with E-state index in [2.05, 4.69) is 11.8 Å². The van der Waals surface area contributed by atoms with Crippen LogP contribution in [0.4, 0.5) is 10.1 Å². The van der Waals surface area contributed by atoms with E-state index in [1.807, 2.05) is 30.3 Å². The summed E-state index contributed by atoms with van der Waals surface area (Å²) in [5.74, 6) is -0.576. The molecule has 8 heteroatoms. The smallest absolute Gasteiger partial charge is 0.243 e. The van der Waals surface area contributed by atoms with Crippen LogP contribution in [0.2, 0.25) is 10.0 Å². The summed E-state index contributed by atoms with van der Waals surface area (Å²) in [7, 11) is -3.84. The topological polar surface area (TPSA) is 40.6 Å².